The molecular formula is C27H29N3O5S. The number of thioether (sulfide) groups is 1. The van der Waals surface area contributed by atoms with Crippen LogP contribution in [-0.4, -0.2) is 62.9 Å². The second kappa shape index (κ2) is 10.8. The van der Waals surface area contributed by atoms with Crippen molar-refractivity contribution in [3.63, 3.8) is 0 Å². The number of nitrogens with zero attached hydrogens (tertiary/aromatic N) is 2. The highest BCUT2D eigenvalue weighted by molar-refractivity contribution is 8.00. The van der Waals surface area contributed by atoms with Gasteiger partial charge in [0.15, 0.2) is 11.8 Å². The summed E-state index contributed by atoms with van der Waals surface area (Å²) in [5.41, 5.74) is 2.40. The summed E-state index contributed by atoms with van der Waals surface area (Å²) in [6, 6.07) is 17.2. The van der Waals surface area contributed by atoms with Crippen LogP contribution in [0.25, 0.3) is 0 Å². The van der Waals surface area contributed by atoms with Gasteiger partial charge in [0.2, 0.25) is 0 Å². The Balaban J connectivity index is 1.34. The predicted molar refractivity (Wildman–Crippen MR) is 135 cm³/mol. The molecule has 8 nitrogen and oxygen atoms in total. The van der Waals surface area contributed by atoms with Gasteiger partial charge in [-0.3, -0.25) is 14.5 Å². The van der Waals surface area contributed by atoms with Crippen LogP contribution in [-0.2, 0) is 25.7 Å². The molecule has 2 amide bonds. The summed E-state index contributed by atoms with van der Waals surface area (Å²) in [5, 5.41) is 12.7. The molecule has 9 heteroatoms. The maximum Gasteiger partial charge on any atom is 0.357 e. The lowest BCUT2D eigenvalue weighted by atomic mass is 10.0. The van der Waals surface area contributed by atoms with Crippen LogP contribution >= 0.6 is 11.8 Å². The number of fused-ring (bicyclic) bond motifs is 1. The third-order valence-electron chi connectivity index (χ3n) is 6.75. The number of hydrogen-bond acceptors (Lipinski definition) is 7. The number of nitrogens with one attached hydrogen (secondary N) is 1. The molecule has 3 atom stereocenters. The average molecular weight is 508 g/mol. The largest absolute Gasteiger partial charge is 0.456 e. The first kappa shape index (κ1) is 24.4. The first-order valence-electron chi connectivity index (χ1n) is 12.2. The Morgan fingerprint density at radius 2 is 1.69 bits per heavy atom. The molecule has 2 saturated heterocycles. The standard InChI is InChI=1S/C27H29N3O5S/c31-23(19-12-6-2-7-13-19)24(32)28-21-25(33)30-22(27(34)35-16-18-10-4-1-5-11-18)20(17-36-26(21)30)29-14-8-3-9-15-29/h1-2,4-7,10-13,21,23,26,31H,3,8-9,14-17H2,(H,28,32)/t21?,23?,26-/m0/s1. The summed E-state index contributed by atoms with van der Waals surface area (Å²) in [6.45, 7) is 1.78. The fourth-order valence-corrected chi connectivity index (χ4v) is 6.19. The van der Waals surface area contributed by atoms with Crippen LogP contribution in [0, 0.1) is 0 Å². The highest BCUT2D eigenvalue weighted by atomic mass is 32.2. The van der Waals surface area contributed by atoms with Gasteiger partial charge in [-0.2, -0.15) is 0 Å². The van der Waals surface area contributed by atoms with Crippen molar-refractivity contribution in [1.29, 1.82) is 0 Å². The second-order valence-electron chi connectivity index (χ2n) is 9.11. The van der Waals surface area contributed by atoms with E-state index in [1.807, 2.05) is 30.3 Å². The lowest BCUT2D eigenvalue weighted by molar-refractivity contribution is -0.154. The number of benzene rings is 2. The lowest BCUT2D eigenvalue weighted by Gasteiger charge is -2.51. The summed E-state index contributed by atoms with van der Waals surface area (Å²) in [4.78, 5) is 43.0. The van der Waals surface area contributed by atoms with Crippen molar-refractivity contribution in [1.82, 2.24) is 15.1 Å². The molecule has 0 radical (unpaired) electrons. The average Bonchev–Trinajstić information content (AvgIpc) is 2.94. The monoisotopic (exact) mass is 507 g/mol. The van der Waals surface area contributed by atoms with Crippen LogP contribution in [0.5, 0.6) is 0 Å². The Bertz CT molecular complexity index is 1150. The van der Waals surface area contributed by atoms with Crippen molar-refractivity contribution in [3.8, 4) is 0 Å². The van der Waals surface area contributed by atoms with E-state index in [4.69, 9.17) is 4.74 Å². The number of aliphatic hydroxyl groups is 1. The molecule has 2 N–H and O–H groups in total. The molecule has 2 fully saturated rings. The molecule has 3 aliphatic heterocycles. The quantitative estimate of drug-likeness (QED) is 0.439. The fraction of sp³-hybridized carbons (Fsp3) is 0.370. The summed E-state index contributed by atoms with van der Waals surface area (Å²) in [6.07, 6.45) is 1.84. The van der Waals surface area contributed by atoms with E-state index in [2.05, 4.69) is 10.2 Å². The number of hydrogen-bond donors (Lipinski definition) is 2. The molecule has 0 bridgehead atoms. The van der Waals surface area contributed by atoms with E-state index in [0.717, 1.165) is 43.6 Å². The normalized spacial score (nSPS) is 22.4. The minimum Gasteiger partial charge on any atom is -0.456 e. The van der Waals surface area contributed by atoms with Gasteiger partial charge in [-0.1, -0.05) is 60.7 Å². The molecule has 188 valence electrons. The van der Waals surface area contributed by atoms with Gasteiger partial charge in [0.25, 0.3) is 11.8 Å². The van der Waals surface area contributed by atoms with Gasteiger partial charge in [0.1, 0.15) is 18.0 Å². The molecular weight excluding hydrogens is 478 g/mol. The third kappa shape index (κ3) is 4.85. The van der Waals surface area contributed by atoms with Gasteiger partial charge in [-0.15, -0.1) is 11.8 Å². The van der Waals surface area contributed by atoms with E-state index in [9.17, 15) is 19.5 Å². The van der Waals surface area contributed by atoms with E-state index in [1.165, 1.54) is 16.7 Å². The Labute approximate surface area is 214 Å². The zero-order valence-electron chi connectivity index (χ0n) is 19.8. The molecule has 5 rings (SSSR count). The molecule has 2 aromatic rings. The fourth-order valence-electron chi connectivity index (χ4n) is 4.81. The minimum atomic E-state index is -1.38. The van der Waals surface area contributed by atoms with E-state index < -0.39 is 29.4 Å². The second-order valence-corrected chi connectivity index (χ2v) is 10.2. The van der Waals surface area contributed by atoms with Crippen LogP contribution in [0.2, 0.25) is 0 Å². The smallest absolute Gasteiger partial charge is 0.357 e. The van der Waals surface area contributed by atoms with Crippen LogP contribution in [0.15, 0.2) is 72.1 Å². The molecule has 3 heterocycles. The van der Waals surface area contributed by atoms with Gasteiger partial charge < -0.3 is 20.1 Å². The van der Waals surface area contributed by atoms with E-state index in [1.54, 1.807) is 30.3 Å². The van der Waals surface area contributed by atoms with Crippen molar-refractivity contribution < 1.29 is 24.2 Å². The van der Waals surface area contributed by atoms with E-state index >= 15 is 0 Å². The van der Waals surface area contributed by atoms with Crippen LogP contribution in [0.3, 0.4) is 0 Å². The summed E-state index contributed by atoms with van der Waals surface area (Å²) in [7, 11) is 0. The molecule has 2 unspecified atom stereocenters. The Hall–Kier alpha value is -3.30. The Morgan fingerprint density at radius 3 is 2.39 bits per heavy atom. The molecule has 0 aliphatic carbocycles. The highest BCUT2D eigenvalue weighted by Crippen LogP contribution is 2.42. The number of esters is 1. The molecule has 2 aromatic carbocycles. The third-order valence-corrected chi connectivity index (χ3v) is 8.02. The zero-order chi connectivity index (χ0) is 25.1. The molecule has 0 spiro atoms. The first-order chi connectivity index (χ1) is 17.5. The van der Waals surface area contributed by atoms with Crippen LogP contribution in [0.4, 0.5) is 0 Å². The van der Waals surface area contributed by atoms with Crippen molar-refractivity contribution in [2.45, 2.75) is 43.4 Å². The summed E-state index contributed by atoms with van der Waals surface area (Å²) < 4.78 is 5.65. The number of likely N-dealkylation sites (tertiary alicyclic amines) is 1. The van der Waals surface area contributed by atoms with Crippen molar-refractivity contribution in [3.05, 3.63) is 83.2 Å². The van der Waals surface area contributed by atoms with Crippen LogP contribution < -0.4 is 5.32 Å². The van der Waals surface area contributed by atoms with Crippen molar-refractivity contribution in [2.24, 2.45) is 0 Å². The number of aliphatic hydroxyl groups excluding tert-OH is 1. The van der Waals surface area contributed by atoms with Crippen molar-refractivity contribution >= 4 is 29.5 Å². The van der Waals surface area contributed by atoms with Gasteiger partial charge in [0.05, 0.1) is 5.70 Å². The maximum atomic E-state index is 13.3. The van der Waals surface area contributed by atoms with Crippen LogP contribution in [0.1, 0.15) is 36.5 Å². The maximum absolute atomic E-state index is 13.3. The number of carbonyl (C=O) groups is 3. The van der Waals surface area contributed by atoms with E-state index in [0.29, 0.717) is 11.3 Å². The predicted octanol–water partition coefficient (Wildman–Crippen LogP) is 2.56. The SMILES string of the molecule is O=C(OCc1ccccc1)C1=C(N2CCCCC2)CS[C@H]2C(NC(=O)C(O)c3ccccc3)C(=O)N12. The topological polar surface area (TPSA) is 99.2 Å². The molecule has 36 heavy (non-hydrogen) atoms. The number of rotatable bonds is 7. The Kier molecular flexibility index (Phi) is 7.29. The van der Waals surface area contributed by atoms with Gasteiger partial charge in [-0.25, -0.2) is 4.79 Å². The van der Waals surface area contributed by atoms with E-state index in [-0.39, 0.29) is 18.2 Å². The number of amides is 2. The van der Waals surface area contributed by atoms with Gasteiger partial charge in [0, 0.05) is 18.8 Å². The molecule has 0 saturated carbocycles. The number of ether oxygens (including phenoxy) is 1. The van der Waals surface area contributed by atoms with Gasteiger partial charge >= 0.3 is 5.97 Å². The zero-order valence-corrected chi connectivity index (χ0v) is 20.7. The summed E-state index contributed by atoms with van der Waals surface area (Å²) in [5.74, 6) is -1.01. The van der Waals surface area contributed by atoms with Crippen molar-refractivity contribution in [2.75, 3.05) is 18.8 Å². The minimum absolute atomic E-state index is 0.111. The highest BCUT2D eigenvalue weighted by Gasteiger charge is 2.55. The molecule has 3 aliphatic rings. The first-order valence-corrected chi connectivity index (χ1v) is 13.3. The summed E-state index contributed by atoms with van der Waals surface area (Å²) >= 11 is 1.51. The van der Waals surface area contributed by atoms with Gasteiger partial charge in [-0.05, 0) is 30.4 Å². The molecule has 0 aromatic heterocycles. The number of piperidine rings is 1. The number of carbonyl (C=O) groups excluding carboxylic acids is 3. The lowest BCUT2D eigenvalue weighted by Crippen LogP contribution is -2.71. The Morgan fingerprint density at radius 1 is 1.03 bits per heavy atom. The number of β-lactam (4-membered cyclic amide) rings is 1.